The van der Waals surface area contributed by atoms with E-state index in [1.807, 2.05) is 0 Å². The van der Waals surface area contributed by atoms with Crippen molar-refractivity contribution < 1.29 is 0 Å². The van der Waals surface area contributed by atoms with Gasteiger partial charge in [0, 0.05) is 5.41 Å². The van der Waals surface area contributed by atoms with Crippen molar-refractivity contribution in [3.05, 3.63) is 145 Å². The van der Waals surface area contributed by atoms with Crippen LogP contribution in [-0.2, 0) is 5.41 Å². The molecule has 0 spiro atoms. The van der Waals surface area contributed by atoms with E-state index in [1.54, 1.807) is 0 Å². The molecule has 0 nitrogen and oxygen atoms in total. The highest BCUT2D eigenvalue weighted by Gasteiger charge is 2.39. The smallest absolute Gasteiger partial charge is 0.0171 e. The summed E-state index contributed by atoms with van der Waals surface area (Å²) >= 11 is 0. The first-order valence-corrected chi connectivity index (χ1v) is 14.5. The van der Waals surface area contributed by atoms with Gasteiger partial charge >= 0.3 is 0 Å². The van der Waals surface area contributed by atoms with Crippen molar-refractivity contribution in [3.63, 3.8) is 0 Å². The van der Waals surface area contributed by atoms with Crippen molar-refractivity contribution in [2.24, 2.45) is 0 Å². The van der Waals surface area contributed by atoms with Gasteiger partial charge in [-0.15, -0.1) is 0 Å². The number of fused-ring (bicyclic) bond motifs is 12. The van der Waals surface area contributed by atoms with Crippen molar-refractivity contribution >= 4 is 53.9 Å². The van der Waals surface area contributed by atoms with E-state index < -0.39 is 0 Å². The fourth-order valence-electron chi connectivity index (χ4n) is 7.89. The molecule has 0 N–H and O–H groups in total. The lowest BCUT2D eigenvalue weighted by Crippen LogP contribution is -2.16. The second kappa shape index (κ2) is 8.05. The summed E-state index contributed by atoms with van der Waals surface area (Å²) in [7, 11) is 0. The van der Waals surface area contributed by atoms with Gasteiger partial charge in [0.1, 0.15) is 0 Å². The normalized spacial score (nSPS) is 13.8. The van der Waals surface area contributed by atoms with E-state index in [2.05, 4.69) is 147 Å². The molecule has 0 atom stereocenters. The van der Waals surface area contributed by atoms with Crippen molar-refractivity contribution in [1.29, 1.82) is 0 Å². The van der Waals surface area contributed by atoms with Crippen molar-refractivity contribution in [1.82, 2.24) is 0 Å². The first-order valence-electron chi connectivity index (χ1n) is 14.5. The van der Waals surface area contributed by atoms with Crippen LogP contribution in [0, 0.1) is 0 Å². The Morgan fingerprint density at radius 3 is 1.59 bits per heavy atom. The number of hydrogen-bond acceptors (Lipinski definition) is 0. The molecule has 0 radical (unpaired) electrons. The number of hydrogen-bond donors (Lipinski definition) is 0. The summed E-state index contributed by atoms with van der Waals surface area (Å²) in [6, 6.07) is 49.7. The van der Waals surface area contributed by atoms with Crippen LogP contribution in [0.5, 0.6) is 0 Å². The molecular formula is C41H28. The minimum absolute atomic E-state index is 0.124. The predicted octanol–water partition coefficient (Wildman–Crippen LogP) is 11.4. The molecule has 9 rings (SSSR count). The first-order chi connectivity index (χ1) is 20.1. The van der Waals surface area contributed by atoms with Gasteiger partial charge in [-0.25, -0.2) is 0 Å². The maximum atomic E-state index is 2.42. The van der Waals surface area contributed by atoms with Gasteiger partial charge < -0.3 is 0 Å². The van der Waals surface area contributed by atoms with Crippen LogP contribution < -0.4 is 0 Å². The summed E-state index contributed by atoms with van der Waals surface area (Å²) in [4.78, 5) is 0. The molecule has 41 heavy (non-hydrogen) atoms. The first kappa shape index (κ1) is 22.8. The summed E-state index contributed by atoms with van der Waals surface area (Å²) in [5, 5.41) is 13.2. The standard InChI is InChI=1S/C41H28/c1-41(2)39-31-21-20-28(37-29-13-5-3-11-25(29)23-26-12-4-6-14-30(26)37)24-27(31)19-22-36(39)38-34-17-9-7-15-32(34)33-16-8-10-18-35(33)40(38)41/h3-24H,1-2H3. The molecular weight excluding hydrogens is 492 g/mol. The van der Waals surface area contributed by atoms with Crippen LogP contribution >= 0.6 is 0 Å². The molecule has 0 aliphatic heterocycles. The van der Waals surface area contributed by atoms with Crippen LogP contribution in [-0.4, -0.2) is 0 Å². The Hall–Kier alpha value is -4.94. The maximum Gasteiger partial charge on any atom is 0.0171 e. The van der Waals surface area contributed by atoms with E-state index in [4.69, 9.17) is 0 Å². The Kier molecular flexibility index (Phi) is 4.49. The van der Waals surface area contributed by atoms with Crippen LogP contribution in [0.2, 0.25) is 0 Å². The fraction of sp³-hybridized carbons (Fsp3) is 0.0732. The molecule has 0 saturated carbocycles. The van der Waals surface area contributed by atoms with Crippen LogP contribution in [0.4, 0.5) is 0 Å². The van der Waals surface area contributed by atoms with E-state index in [0.29, 0.717) is 0 Å². The average molecular weight is 521 g/mol. The molecule has 1 aliphatic carbocycles. The second-order valence-corrected chi connectivity index (χ2v) is 12.1. The molecule has 0 unspecified atom stereocenters. The highest BCUT2D eigenvalue weighted by Crippen LogP contribution is 2.56. The zero-order valence-electron chi connectivity index (χ0n) is 23.2. The Bertz CT molecular complexity index is 2330. The molecule has 192 valence electrons. The molecule has 0 aromatic heterocycles. The lowest BCUT2D eigenvalue weighted by Gasteiger charge is -2.25. The lowest BCUT2D eigenvalue weighted by molar-refractivity contribution is 0.672. The zero-order chi connectivity index (χ0) is 27.3. The highest BCUT2D eigenvalue weighted by atomic mass is 14.4. The molecule has 0 saturated heterocycles. The van der Waals surface area contributed by atoms with Gasteiger partial charge in [-0.1, -0.05) is 135 Å². The quantitative estimate of drug-likeness (QED) is 0.149. The van der Waals surface area contributed by atoms with Crippen LogP contribution in [0.1, 0.15) is 25.0 Å². The molecule has 0 amide bonds. The van der Waals surface area contributed by atoms with Crippen LogP contribution in [0.3, 0.4) is 0 Å². The molecule has 0 fully saturated rings. The van der Waals surface area contributed by atoms with E-state index in [1.165, 1.54) is 87.2 Å². The third kappa shape index (κ3) is 3.00. The average Bonchev–Trinajstić information content (AvgIpc) is 3.27. The zero-order valence-corrected chi connectivity index (χ0v) is 23.2. The molecule has 0 heteroatoms. The Labute approximate surface area is 239 Å². The third-order valence-electron chi connectivity index (χ3n) is 9.53. The minimum atomic E-state index is -0.124. The monoisotopic (exact) mass is 520 g/mol. The van der Waals surface area contributed by atoms with Crippen molar-refractivity contribution in [2.45, 2.75) is 19.3 Å². The van der Waals surface area contributed by atoms with Gasteiger partial charge in [0.15, 0.2) is 0 Å². The topological polar surface area (TPSA) is 0 Å². The second-order valence-electron chi connectivity index (χ2n) is 12.1. The number of benzene rings is 8. The van der Waals surface area contributed by atoms with Crippen LogP contribution in [0.25, 0.3) is 76.1 Å². The lowest BCUT2D eigenvalue weighted by atomic mass is 9.77. The van der Waals surface area contributed by atoms with Gasteiger partial charge in [0.25, 0.3) is 0 Å². The molecule has 8 aromatic rings. The fourth-order valence-corrected chi connectivity index (χ4v) is 7.89. The highest BCUT2D eigenvalue weighted by molar-refractivity contribution is 6.20. The largest absolute Gasteiger partial charge is 0.0616 e. The molecule has 1 aliphatic rings. The van der Waals surface area contributed by atoms with E-state index >= 15 is 0 Å². The maximum absolute atomic E-state index is 2.42. The van der Waals surface area contributed by atoms with Gasteiger partial charge in [-0.3, -0.25) is 0 Å². The summed E-state index contributed by atoms with van der Waals surface area (Å²) in [5.41, 5.74) is 8.16. The molecule has 0 heterocycles. The number of rotatable bonds is 1. The van der Waals surface area contributed by atoms with Crippen molar-refractivity contribution in [3.8, 4) is 22.3 Å². The summed E-state index contributed by atoms with van der Waals surface area (Å²) < 4.78 is 0. The van der Waals surface area contributed by atoms with Crippen LogP contribution in [0.15, 0.2) is 133 Å². The Balaban J connectivity index is 1.35. The van der Waals surface area contributed by atoms with Gasteiger partial charge in [-0.2, -0.15) is 0 Å². The minimum Gasteiger partial charge on any atom is -0.0616 e. The van der Waals surface area contributed by atoms with E-state index in [0.717, 1.165) is 0 Å². The summed E-state index contributed by atoms with van der Waals surface area (Å²) in [5.74, 6) is 0. The molecule has 0 bridgehead atoms. The predicted molar refractivity (Wildman–Crippen MR) is 177 cm³/mol. The van der Waals surface area contributed by atoms with Gasteiger partial charge in [-0.05, 0) is 99.4 Å². The summed E-state index contributed by atoms with van der Waals surface area (Å²) in [6.07, 6.45) is 0. The van der Waals surface area contributed by atoms with E-state index in [-0.39, 0.29) is 5.41 Å². The van der Waals surface area contributed by atoms with Gasteiger partial charge in [0.2, 0.25) is 0 Å². The third-order valence-corrected chi connectivity index (χ3v) is 9.53. The Morgan fingerprint density at radius 2 is 0.902 bits per heavy atom. The van der Waals surface area contributed by atoms with Gasteiger partial charge in [0.05, 0.1) is 0 Å². The Morgan fingerprint density at radius 1 is 0.366 bits per heavy atom. The SMILES string of the molecule is CC1(C)c2c(ccc3cc(-c4c5ccccc5cc5ccccc45)ccc23)-c2c1c1ccccc1c1ccccc21. The summed E-state index contributed by atoms with van der Waals surface area (Å²) in [6.45, 7) is 4.84. The molecule has 8 aromatic carbocycles. The van der Waals surface area contributed by atoms with E-state index in [9.17, 15) is 0 Å². The van der Waals surface area contributed by atoms with Crippen molar-refractivity contribution in [2.75, 3.05) is 0 Å².